The van der Waals surface area contributed by atoms with Gasteiger partial charge < -0.3 is 14.3 Å². The first-order valence-electron chi connectivity index (χ1n) is 5.09. The standard InChI is InChI=1S/C11H16O3/c1-8-4-5-10(14-8)11(12)9-3-2-6-13-7-9/h4-5,9,11-12H,2-3,6-7H2,1H3. The molecule has 78 valence electrons. The van der Waals surface area contributed by atoms with Crippen molar-refractivity contribution in [3.63, 3.8) is 0 Å². The number of rotatable bonds is 2. The maximum Gasteiger partial charge on any atom is 0.133 e. The lowest BCUT2D eigenvalue weighted by Gasteiger charge is -2.25. The average molecular weight is 196 g/mol. The Morgan fingerprint density at radius 3 is 2.93 bits per heavy atom. The van der Waals surface area contributed by atoms with Crippen molar-refractivity contribution in [3.8, 4) is 0 Å². The summed E-state index contributed by atoms with van der Waals surface area (Å²) in [5.41, 5.74) is 0. The van der Waals surface area contributed by atoms with Crippen LogP contribution in [0.2, 0.25) is 0 Å². The summed E-state index contributed by atoms with van der Waals surface area (Å²) in [7, 11) is 0. The Balaban J connectivity index is 2.03. The highest BCUT2D eigenvalue weighted by Crippen LogP contribution is 2.29. The molecule has 0 aromatic carbocycles. The van der Waals surface area contributed by atoms with E-state index < -0.39 is 6.10 Å². The van der Waals surface area contributed by atoms with Crippen LogP contribution in [0.25, 0.3) is 0 Å². The number of hydrogen-bond donors (Lipinski definition) is 1. The SMILES string of the molecule is Cc1ccc(C(O)C2CCCOC2)o1. The first-order valence-corrected chi connectivity index (χ1v) is 5.09. The Morgan fingerprint density at radius 2 is 2.36 bits per heavy atom. The molecule has 0 aliphatic carbocycles. The minimum Gasteiger partial charge on any atom is -0.464 e. The highest BCUT2D eigenvalue weighted by atomic mass is 16.5. The van der Waals surface area contributed by atoms with E-state index in [-0.39, 0.29) is 5.92 Å². The zero-order valence-electron chi connectivity index (χ0n) is 8.40. The summed E-state index contributed by atoms with van der Waals surface area (Å²) in [5, 5.41) is 9.98. The highest BCUT2D eigenvalue weighted by Gasteiger charge is 2.25. The predicted octanol–water partition coefficient (Wildman–Crippen LogP) is 2.05. The molecule has 0 bridgehead atoms. The van der Waals surface area contributed by atoms with E-state index in [1.54, 1.807) is 0 Å². The largest absolute Gasteiger partial charge is 0.464 e. The minimum absolute atomic E-state index is 0.189. The molecular formula is C11H16O3. The molecule has 14 heavy (non-hydrogen) atoms. The van der Waals surface area contributed by atoms with Gasteiger partial charge in [0.2, 0.25) is 0 Å². The van der Waals surface area contributed by atoms with Crippen molar-refractivity contribution in [3.05, 3.63) is 23.7 Å². The third-order valence-corrected chi connectivity index (χ3v) is 2.69. The van der Waals surface area contributed by atoms with E-state index >= 15 is 0 Å². The van der Waals surface area contributed by atoms with Crippen LogP contribution in [0.1, 0.15) is 30.5 Å². The number of ether oxygens (including phenoxy) is 1. The summed E-state index contributed by atoms with van der Waals surface area (Å²) in [6, 6.07) is 3.72. The van der Waals surface area contributed by atoms with Crippen molar-refractivity contribution >= 4 is 0 Å². The monoisotopic (exact) mass is 196 g/mol. The Morgan fingerprint density at radius 1 is 1.50 bits per heavy atom. The molecule has 0 spiro atoms. The minimum atomic E-state index is -0.510. The zero-order chi connectivity index (χ0) is 9.97. The van der Waals surface area contributed by atoms with Gasteiger partial charge in [0, 0.05) is 12.5 Å². The third-order valence-electron chi connectivity index (χ3n) is 2.69. The van der Waals surface area contributed by atoms with Gasteiger partial charge in [-0.05, 0) is 31.9 Å². The van der Waals surface area contributed by atoms with Crippen LogP contribution in [0.3, 0.4) is 0 Å². The second-order valence-electron chi connectivity index (χ2n) is 3.87. The summed E-state index contributed by atoms with van der Waals surface area (Å²) in [6.07, 6.45) is 1.53. The number of aryl methyl sites for hydroxylation is 1. The fourth-order valence-electron chi connectivity index (χ4n) is 1.86. The molecule has 2 rings (SSSR count). The van der Waals surface area contributed by atoms with Gasteiger partial charge in [0.1, 0.15) is 17.6 Å². The summed E-state index contributed by atoms with van der Waals surface area (Å²) in [4.78, 5) is 0. The van der Waals surface area contributed by atoms with Crippen LogP contribution >= 0.6 is 0 Å². The van der Waals surface area contributed by atoms with Gasteiger partial charge in [0.15, 0.2) is 0 Å². The molecule has 1 aromatic rings. The lowest BCUT2D eigenvalue weighted by Crippen LogP contribution is -2.23. The normalized spacial score (nSPS) is 24.9. The Labute approximate surface area is 83.7 Å². The van der Waals surface area contributed by atoms with Crippen LogP contribution in [-0.2, 0) is 4.74 Å². The second kappa shape index (κ2) is 4.15. The van der Waals surface area contributed by atoms with Crippen LogP contribution in [0, 0.1) is 12.8 Å². The number of furan rings is 1. The summed E-state index contributed by atoms with van der Waals surface area (Å²) < 4.78 is 10.7. The Kier molecular flexibility index (Phi) is 2.89. The lowest BCUT2D eigenvalue weighted by molar-refractivity contribution is -0.0181. The molecule has 1 aliphatic rings. The third kappa shape index (κ3) is 1.99. The average Bonchev–Trinajstić information content (AvgIpc) is 2.65. The van der Waals surface area contributed by atoms with Crippen molar-refractivity contribution in [2.24, 2.45) is 5.92 Å². The molecule has 3 nitrogen and oxygen atoms in total. The van der Waals surface area contributed by atoms with E-state index in [4.69, 9.17) is 9.15 Å². The molecule has 0 amide bonds. The molecule has 1 aromatic heterocycles. The lowest BCUT2D eigenvalue weighted by atomic mass is 9.94. The highest BCUT2D eigenvalue weighted by molar-refractivity contribution is 5.09. The van der Waals surface area contributed by atoms with Gasteiger partial charge >= 0.3 is 0 Å². The molecule has 1 saturated heterocycles. The van der Waals surface area contributed by atoms with Crippen molar-refractivity contribution in [2.45, 2.75) is 25.9 Å². The van der Waals surface area contributed by atoms with Crippen molar-refractivity contribution in [1.29, 1.82) is 0 Å². The molecule has 3 heteroatoms. The quantitative estimate of drug-likeness (QED) is 0.787. The molecule has 2 atom stereocenters. The second-order valence-corrected chi connectivity index (χ2v) is 3.87. The van der Waals surface area contributed by atoms with Crippen LogP contribution in [0.5, 0.6) is 0 Å². The van der Waals surface area contributed by atoms with E-state index in [2.05, 4.69) is 0 Å². The van der Waals surface area contributed by atoms with E-state index in [9.17, 15) is 5.11 Å². The van der Waals surface area contributed by atoms with Gasteiger partial charge in [-0.15, -0.1) is 0 Å². The van der Waals surface area contributed by atoms with E-state index in [0.717, 1.165) is 25.2 Å². The molecule has 2 unspecified atom stereocenters. The molecule has 2 heterocycles. The van der Waals surface area contributed by atoms with Gasteiger partial charge in [0.05, 0.1) is 6.61 Å². The summed E-state index contributed by atoms with van der Waals surface area (Å²) in [6.45, 7) is 3.34. The van der Waals surface area contributed by atoms with E-state index in [1.165, 1.54) is 0 Å². The van der Waals surface area contributed by atoms with E-state index in [0.29, 0.717) is 12.4 Å². The fraction of sp³-hybridized carbons (Fsp3) is 0.636. The van der Waals surface area contributed by atoms with Crippen molar-refractivity contribution in [1.82, 2.24) is 0 Å². The molecule has 1 fully saturated rings. The Hall–Kier alpha value is -0.800. The topological polar surface area (TPSA) is 42.6 Å². The molecule has 1 N–H and O–H groups in total. The van der Waals surface area contributed by atoms with Crippen LogP contribution in [0.15, 0.2) is 16.5 Å². The van der Waals surface area contributed by atoms with Gasteiger partial charge in [0.25, 0.3) is 0 Å². The molecular weight excluding hydrogens is 180 g/mol. The van der Waals surface area contributed by atoms with E-state index in [1.807, 2.05) is 19.1 Å². The van der Waals surface area contributed by atoms with Crippen molar-refractivity contribution in [2.75, 3.05) is 13.2 Å². The smallest absolute Gasteiger partial charge is 0.133 e. The van der Waals surface area contributed by atoms with Crippen LogP contribution < -0.4 is 0 Å². The zero-order valence-corrected chi connectivity index (χ0v) is 8.40. The Bertz CT molecular complexity index is 286. The molecule has 0 radical (unpaired) electrons. The maximum atomic E-state index is 9.98. The van der Waals surface area contributed by atoms with Crippen LogP contribution in [-0.4, -0.2) is 18.3 Å². The van der Waals surface area contributed by atoms with Gasteiger partial charge in [-0.3, -0.25) is 0 Å². The molecule has 0 saturated carbocycles. The van der Waals surface area contributed by atoms with Gasteiger partial charge in [-0.2, -0.15) is 0 Å². The summed E-state index contributed by atoms with van der Waals surface area (Å²) in [5.74, 6) is 1.70. The van der Waals surface area contributed by atoms with Gasteiger partial charge in [-0.25, -0.2) is 0 Å². The predicted molar refractivity (Wildman–Crippen MR) is 51.9 cm³/mol. The molecule has 1 aliphatic heterocycles. The van der Waals surface area contributed by atoms with Crippen LogP contribution in [0.4, 0.5) is 0 Å². The number of aliphatic hydroxyl groups is 1. The first-order chi connectivity index (χ1) is 6.77. The van der Waals surface area contributed by atoms with Gasteiger partial charge in [-0.1, -0.05) is 0 Å². The fourth-order valence-corrected chi connectivity index (χ4v) is 1.86. The van der Waals surface area contributed by atoms with Crippen molar-refractivity contribution < 1.29 is 14.3 Å². The summed E-state index contributed by atoms with van der Waals surface area (Å²) >= 11 is 0. The number of aliphatic hydroxyl groups excluding tert-OH is 1. The number of hydrogen-bond acceptors (Lipinski definition) is 3. The maximum absolute atomic E-state index is 9.98. The first kappa shape index (κ1) is 9.74.